The molecule has 0 spiro atoms. The number of aliphatic carboxylic acids is 1. The highest BCUT2D eigenvalue weighted by Gasteiger charge is 2.41. The van der Waals surface area contributed by atoms with Gasteiger partial charge in [0.25, 0.3) is 0 Å². The molecule has 20 heavy (non-hydrogen) atoms. The minimum absolute atomic E-state index is 0.465. The van der Waals surface area contributed by atoms with E-state index in [1.54, 1.807) is 0 Å². The van der Waals surface area contributed by atoms with Crippen LogP contribution in [0.4, 0.5) is 5.69 Å². The van der Waals surface area contributed by atoms with Crippen LogP contribution in [0.1, 0.15) is 26.7 Å². The summed E-state index contributed by atoms with van der Waals surface area (Å²) in [4.78, 5) is 14.1. The lowest BCUT2D eigenvalue weighted by molar-refractivity contribution is -0.144. The van der Waals surface area contributed by atoms with Crippen LogP contribution in [-0.2, 0) is 4.79 Å². The number of piperidine rings is 1. The zero-order chi connectivity index (χ0) is 14.8. The highest BCUT2D eigenvalue weighted by molar-refractivity contribution is 9.10. The van der Waals surface area contributed by atoms with E-state index in [2.05, 4.69) is 40.0 Å². The Labute approximate surface area is 128 Å². The van der Waals surface area contributed by atoms with E-state index < -0.39 is 11.5 Å². The van der Waals surface area contributed by atoms with Crippen LogP contribution in [0.3, 0.4) is 0 Å². The molecule has 5 heteroatoms. The summed E-state index contributed by atoms with van der Waals surface area (Å²) in [6.07, 6.45) is 1.24. The monoisotopic (exact) mass is 340 g/mol. The van der Waals surface area contributed by atoms with Crippen LogP contribution >= 0.6 is 15.9 Å². The average molecular weight is 341 g/mol. The van der Waals surface area contributed by atoms with Gasteiger partial charge in [-0.25, -0.2) is 4.79 Å². The van der Waals surface area contributed by atoms with E-state index in [1.807, 2.05) is 24.3 Å². The summed E-state index contributed by atoms with van der Waals surface area (Å²) in [6.45, 7) is 5.92. The molecular formula is C15H21BrN2O2. The van der Waals surface area contributed by atoms with E-state index >= 15 is 0 Å². The highest BCUT2D eigenvalue weighted by atomic mass is 79.9. The fourth-order valence-electron chi connectivity index (χ4n) is 2.66. The fourth-order valence-corrected chi connectivity index (χ4v) is 3.06. The fraction of sp³-hybridized carbons (Fsp3) is 0.533. The van der Waals surface area contributed by atoms with Gasteiger partial charge in [0.2, 0.25) is 0 Å². The molecule has 0 unspecified atom stereocenters. The first-order valence-electron chi connectivity index (χ1n) is 6.94. The van der Waals surface area contributed by atoms with Crippen LogP contribution in [0.25, 0.3) is 0 Å². The van der Waals surface area contributed by atoms with Gasteiger partial charge >= 0.3 is 5.97 Å². The number of nitrogens with one attached hydrogen (secondary N) is 1. The van der Waals surface area contributed by atoms with Gasteiger partial charge < -0.3 is 15.3 Å². The second-order valence-corrected chi connectivity index (χ2v) is 6.57. The van der Waals surface area contributed by atoms with Gasteiger partial charge in [-0.05, 0) is 44.9 Å². The molecule has 2 rings (SSSR count). The first kappa shape index (κ1) is 15.3. The second-order valence-electron chi connectivity index (χ2n) is 5.65. The number of carboxylic acids is 1. The first-order valence-corrected chi connectivity index (χ1v) is 7.73. The second kappa shape index (κ2) is 6.14. The van der Waals surface area contributed by atoms with Gasteiger partial charge in [-0.1, -0.05) is 22.0 Å². The Morgan fingerprint density at radius 3 is 2.55 bits per heavy atom. The molecule has 0 radical (unpaired) electrons. The van der Waals surface area contributed by atoms with Crippen molar-refractivity contribution in [2.75, 3.05) is 18.4 Å². The highest BCUT2D eigenvalue weighted by Crippen LogP contribution is 2.29. The molecule has 0 bridgehead atoms. The summed E-state index contributed by atoms with van der Waals surface area (Å²) in [5.41, 5.74) is -0.00797. The molecule has 0 atom stereocenters. The molecule has 1 aromatic carbocycles. The summed E-state index contributed by atoms with van der Waals surface area (Å²) in [5, 5.41) is 12.9. The van der Waals surface area contributed by atoms with E-state index in [9.17, 15) is 9.90 Å². The number of benzene rings is 1. The topological polar surface area (TPSA) is 52.6 Å². The van der Waals surface area contributed by atoms with Gasteiger partial charge in [0, 0.05) is 29.3 Å². The third-order valence-corrected chi connectivity index (χ3v) is 4.49. The molecule has 0 saturated carbocycles. The molecule has 1 aromatic rings. The van der Waals surface area contributed by atoms with Crippen molar-refractivity contribution in [3.8, 4) is 0 Å². The molecule has 1 saturated heterocycles. The Bertz CT molecular complexity index is 483. The molecule has 110 valence electrons. The number of halogens is 1. The zero-order valence-electron chi connectivity index (χ0n) is 11.9. The summed E-state index contributed by atoms with van der Waals surface area (Å²) < 4.78 is 0.947. The molecule has 0 aliphatic carbocycles. The smallest absolute Gasteiger partial charge is 0.329 e. The molecule has 0 amide bonds. The largest absolute Gasteiger partial charge is 0.480 e. The van der Waals surface area contributed by atoms with Crippen molar-refractivity contribution in [1.29, 1.82) is 0 Å². The van der Waals surface area contributed by atoms with Crippen LogP contribution < -0.4 is 5.32 Å². The van der Waals surface area contributed by atoms with Crippen molar-refractivity contribution < 1.29 is 9.90 Å². The molecule has 1 aliphatic rings. The van der Waals surface area contributed by atoms with Crippen LogP contribution in [0.5, 0.6) is 0 Å². The van der Waals surface area contributed by atoms with Crippen molar-refractivity contribution in [1.82, 2.24) is 4.90 Å². The Balaban J connectivity index is 2.14. The van der Waals surface area contributed by atoms with Crippen molar-refractivity contribution in [3.05, 3.63) is 28.7 Å². The standard InChI is InChI=1S/C15H21BrN2O2/c1-11(2)18-8-6-15(7-9-18,14(19)20)17-13-5-3-4-12(16)10-13/h3-5,10-11,17H,6-9H2,1-2H3,(H,19,20). The lowest BCUT2D eigenvalue weighted by Gasteiger charge is -2.41. The lowest BCUT2D eigenvalue weighted by Crippen LogP contribution is -2.55. The molecule has 2 N–H and O–H groups in total. The van der Waals surface area contributed by atoms with Crippen molar-refractivity contribution >= 4 is 27.6 Å². The predicted molar refractivity (Wildman–Crippen MR) is 84.1 cm³/mol. The Morgan fingerprint density at radius 1 is 1.40 bits per heavy atom. The van der Waals surface area contributed by atoms with Crippen molar-refractivity contribution in [2.45, 2.75) is 38.3 Å². The van der Waals surface area contributed by atoms with Gasteiger partial charge in [0.1, 0.15) is 5.54 Å². The van der Waals surface area contributed by atoms with Crippen LogP contribution in [0.15, 0.2) is 28.7 Å². The van der Waals surface area contributed by atoms with E-state index in [4.69, 9.17) is 0 Å². The molecular weight excluding hydrogens is 320 g/mol. The molecule has 4 nitrogen and oxygen atoms in total. The first-order chi connectivity index (χ1) is 9.43. The molecule has 1 aliphatic heterocycles. The quantitative estimate of drug-likeness (QED) is 0.883. The maximum absolute atomic E-state index is 11.7. The van der Waals surface area contributed by atoms with Crippen molar-refractivity contribution in [2.24, 2.45) is 0 Å². The third-order valence-electron chi connectivity index (χ3n) is 4.00. The number of rotatable bonds is 4. The van der Waals surface area contributed by atoms with E-state index in [-0.39, 0.29) is 0 Å². The number of hydrogen-bond donors (Lipinski definition) is 2. The Kier molecular flexibility index (Phi) is 4.70. The summed E-state index contributed by atoms with van der Waals surface area (Å²) in [6, 6.07) is 8.13. The number of likely N-dealkylation sites (tertiary alicyclic amines) is 1. The maximum Gasteiger partial charge on any atom is 0.329 e. The zero-order valence-corrected chi connectivity index (χ0v) is 13.5. The summed E-state index contributed by atoms with van der Waals surface area (Å²) in [7, 11) is 0. The van der Waals surface area contributed by atoms with E-state index in [1.165, 1.54) is 0 Å². The number of carbonyl (C=O) groups is 1. The summed E-state index contributed by atoms with van der Waals surface area (Å²) in [5.74, 6) is -0.763. The van der Waals surface area contributed by atoms with Gasteiger partial charge in [0.05, 0.1) is 0 Å². The minimum atomic E-state index is -0.855. The van der Waals surface area contributed by atoms with Crippen LogP contribution in [0, 0.1) is 0 Å². The van der Waals surface area contributed by atoms with Crippen molar-refractivity contribution in [3.63, 3.8) is 0 Å². The molecule has 1 heterocycles. The van der Waals surface area contributed by atoms with Gasteiger partial charge in [-0.2, -0.15) is 0 Å². The van der Waals surface area contributed by atoms with Crippen LogP contribution in [-0.4, -0.2) is 40.6 Å². The van der Waals surface area contributed by atoms with E-state index in [0.717, 1.165) is 23.2 Å². The van der Waals surface area contributed by atoms with Gasteiger partial charge in [-0.3, -0.25) is 0 Å². The minimum Gasteiger partial charge on any atom is -0.480 e. The molecule has 0 aromatic heterocycles. The SMILES string of the molecule is CC(C)N1CCC(Nc2cccc(Br)c2)(C(=O)O)CC1. The Morgan fingerprint density at radius 2 is 2.05 bits per heavy atom. The lowest BCUT2D eigenvalue weighted by atomic mass is 9.86. The number of anilines is 1. The summed E-state index contributed by atoms with van der Waals surface area (Å²) >= 11 is 3.41. The number of carboxylic acid groups (broad SMARTS) is 1. The average Bonchev–Trinajstić information content (AvgIpc) is 2.39. The number of nitrogens with zero attached hydrogens (tertiary/aromatic N) is 1. The van der Waals surface area contributed by atoms with Crippen LogP contribution in [0.2, 0.25) is 0 Å². The Hall–Kier alpha value is -1.07. The van der Waals surface area contributed by atoms with Gasteiger partial charge in [0.15, 0.2) is 0 Å². The predicted octanol–water partition coefficient (Wildman–Crippen LogP) is 3.19. The molecule has 1 fully saturated rings. The van der Waals surface area contributed by atoms with Gasteiger partial charge in [-0.15, -0.1) is 0 Å². The van der Waals surface area contributed by atoms with E-state index in [0.29, 0.717) is 18.9 Å². The number of hydrogen-bond acceptors (Lipinski definition) is 3. The normalized spacial score (nSPS) is 19.0. The maximum atomic E-state index is 11.7. The third kappa shape index (κ3) is 3.33.